The second-order valence-electron chi connectivity index (χ2n) is 10.2. The summed E-state index contributed by atoms with van der Waals surface area (Å²) in [6.07, 6.45) is 1.55. The summed E-state index contributed by atoms with van der Waals surface area (Å²) in [6, 6.07) is 39.0. The van der Waals surface area contributed by atoms with E-state index in [9.17, 15) is 9.59 Å². The van der Waals surface area contributed by atoms with Gasteiger partial charge in [0.25, 0.3) is 5.71 Å². The lowest BCUT2D eigenvalue weighted by molar-refractivity contribution is 0.0990. The first kappa shape index (κ1) is 24.0. The second-order valence-corrected chi connectivity index (χ2v) is 10.2. The van der Waals surface area contributed by atoms with Crippen LogP contribution in [0, 0.1) is 0 Å². The molecule has 1 aliphatic rings. The fraction of sp³-hybridized carbons (Fsp3) is 0. The number of hydrogen-bond donors (Lipinski definition) is 0. The number of para-hydroxylation sites is 1. The zero-order valence-electron chi connectivity index (χ0n) is 22.2. The van der Waals surface area contributed by atoms with Crippen molar-refractivity contribution >= 4 is 39.8 Å². The zero-order valence-corrected chi connectivity index (χ0v) is 22.2. The predicted molar refractivity (Wildman–Crippen MR) is 163 cm³/mol. The first-order valence-electron chi connectivity index (χ1n) is 13.6. The van der Waals surface area contributed by atoms with Crippen LogP contribution >= 0.6 is 0 Å². The quantitative estimate of drug-likeness (QED) is 0.166. The van der Waals surface area contributed by atoms with Gasteiger partial charge in [0.1, 0.15) is 5.82 Å². The largest absolute Gasteiger partial charge is 0.416 e. The number of fused-ring (bicyclic) bond motifs is 3. The van der Waals surface area contributed by atoms with E-state index in [1.54, 1.807) is 18.2 Å². The van der Waals surface area contributed by atoms with E-state index in [-0.39, 0.29) is 17.1 Å². The Morgan fingerprint density at radius 2 is 1.14 bits per heavy atom. The van der Waals surface area contributed by atoms with Crippen LogP contribution in [0.2, 0.25) is 0 Å². The Morgan fingerprint density at radius 1 is 0.595 bits per heavy atom. The molecule has 0 bridgehead atoms. The third-order valence-electron chi connectivity index (χ3n) is 7.64. The van der Waals surface area contributed by atoms with Crippen LogP contribution < -0.4 is 0 Å². The number of aromatic nitrogens is 3. The van der Waals surface area contributed by atoms with Crippen molar-refractivity contribution in [2.45, 2.75) is 0 Å². The minimum atomic E-state index is -0.313. The monoisotopic (exact) mass is 543 g/mol. The lowest BCUT2D eigenvalue weighted by Gasteiger charge is -2.06. The molecule has 0 saturated heterocycles. The maximum Gasteiger partial charge on any atom is 0.267 e. The van der Waals surface area contributed by atoms with Gasteiger partial charge in [-0.25, -0.2) is 0 Å². The molecule has 2 aromatic heterocycles. The molecule has 0 amide bonds. The second kappa shape index (κ2) is 9.35. The van der Waals surface area contributed by atoms with Crippen molar-refractivity contribution in [2.24, 2.45) is 0 Å². The molecule has 0 aliphatic heterocycles. The maximum absolute atomic E-state index is 13.5. The molecule has 42 heavy (non-hydrogen) atoms. The molecule has 0 saturated carbocycles. The molecule has 1 aliphatic carbocycles. The molecule has 0 fully saturated rings. The van der Waals surface area contributed by atoms with Crippen molar-refractivity contribution < 1.29 is 14.0 Å². The highest BCUT2D eigenvalue weighted by molar-refractivity contribution is 6.42. The van der Waals surface area contributed by atoms with Crippen molar-refractivity contribution in [3.63, 3.8) is 0 Å². The van der Waals surface area contributed by atoms with Gasteiger partial charge in [-0.1, -0.05) is 84.9 Å². The fourth-order valence-electron chi connectivity index (χ4n) is 5.54. The van der Waals surface area contributed by atoms with Gasteiger partial charge in [-0.05, 0) is 64.4 Å². The Hall–Kier alpha value is -5.88. The van der Waals surface area contributed by atoms with Gasteiger partial charge in [0.2, 0.25) is 11.5 Å². The van der Waals surface area contributed by atoms with Gasteiger partial charge < -0.3 is 4.42 Å². The first-order chi connectivity index (χ1) is 20.6. The lowest BCUT2D eigenvalue weighted by atomic mass is 10.0. The molecule has 0 unspecified atom stereocenters. The van der Waals surface area contributed by atoms with Gasteiger partial charge in [-0.3, -0.25) is 14.2 Å². The Kier molecular flexibility index (Phi) is 5.34. The van der Waals surface area contributed by atoms with Crippen LogP contribution in [0.15, 0.2) is 131 Å². The number of imidazole rings is 1. The normalized spacial score (nSPS) is 12.8. The highest BCUT2D eigenvalue weighted by Gasteiger charge is 2.34. The van der Waals surface area contributed by atoms with Gasteiger partial charge >= 0.3 is 0 Å². The van der Waals surface area contributed by atoms with Gasteiger partial charge in [0.05, 0.1) is 5.57 Å². The van der Waals surface area contributed by atoms with Crippen molar-refractivity contribution in [2.75, 3.05) is 0 Å². The van der Waals surface area contributed by atoms with Gasteiger partial charge in [-0.2, -0.15) is 9.97 Å². The number of benzene rings is 5. The van der Waals surface area contributed by atoms with Crippen LogP contribution in [0.25, 0.3) is 56.5 Å². The number of oxazole rings is 1. The van der Waals surface area contributed by atoms with Gasteiger partial charge in [-0.15, -0.1) is 0 Å². The van der Waals surface area contributed by atoms with Crippen LogP contribution in [0.3, 0.4) is 0 Å². The molecule has 6 heteroatoms. The van der Waals surface area contributed by atoms with E-state index in [1.165, 1.54) is 0 Å². The molecule has 0 N–H and O–H groups in total. The molecule has 0 spiro atoms. The van der Waals surface area contributed by atoms with E-state index in [0.29, 0.717) is 34.2 Å². The average molecular weight is 544 g/mol. The van der Waals surface area contributed by atoms with E-state index in [2.05, 4.69) is 12.1 Å². The fourth-order valence-corrected chi connectivity index (χ4v) is 5.54. The minimum absolute atomic E-state index is 0.0712. The lowest BCUT2D eigenvalue weighted by Crippen LogP contribution is -2.04. The number of carbonyl (C=O) groups is 2. The summed E-state index contributed by atoms with van der Waals surface area (Å²) in [5, 5.41) is 1.82. The summed E-state index contributed by atoms with van der Waals surface area (Å²) in [5.74, 6) is 0.199. The van der Waals surface area contributed by atoms with Crippen molar-refractivity contribution in [1.29, 1.82) is 0 Å². The van der Waals surface area contributed by atoms with E-state index >= 15 is 0 Å². The summed E-state index contributed by atoms with van der Waals surface area (Å²) >= 11 is 0. The summed E-state index contributed by atoms with van der Waals surface area (Å²) < 4.78 is 7.95. The molecule has 2 heterocycles. The molecule has 198 valence electrons. The molecular weight excluding hydrogens is 522 g/mol. The summed E-state index contributed by atoms with van der Waals surface area (Å²) in [7, 11) is 0. The number of Topliss-reactive ketones (excluding diaryl/α,β-unsaturated/α-hetero) is 2. The van der Waals surface area contributed by atoms with E-state index in [0.717, 1.165) is 33.2 Å². The number of carbonyl (C=O) groups excluding carboxylic acids is 2. The standard InChI is InChI=1S/C36H21N3O3/c40-32-28-19-25-11-7-8-12-26(25)20-29(28)33(41)30(32)21-31-37-36-34(39(31)27-13-5-2-6-14-27)38-35(42-36)24-17-15-23(16-18-24)22-9-3-1-4-10-22/h1-21H. The Balaban J connectivity index is 1.23. The summed E-state index contributed by atoms with van der Waals surface area (Å²) in [5.41, 5.74) is 5.52. The SMILES string of the molecule is O=C1C(=Cc2nc3oc(-c4ccc(-c5ccccc5)cc4)nc3n2-c2ccccc2)C(=O)c2cc3ccccc3cc21. The summed E-state index contributed by atoms with van der Waals surface area (Å²) in [4.78, 5) is 36.4. The first-order valence-corrected chi connectivity index (χ1v) is 13.6. The topological polar surface area (TPSA) is 78.0 Å². The van der Waals surface area contributed by atoms with Crippen molar-refractivity contribution in [3.05, 3.63) is 144 Å². The third kappa shape index (κ3) is 3.81. The van der Waals surface area contributed by atoms with Crippen LogP contribution in [0.1, 0.15) is 26.5 Å². The summed E-state index contributed by atoms with van der Waals surface area (Å²) in [6.45, 7) is 0. The maximum atomic E-state index is 13.5. The number of ketones is 2. The Morgan fingerprint density at radius 3 is 1.79 bits per heavy atom. The predicted octanol–water partition coefficient (Wildman–Crippen LogP) is 7.96. The zero-order chi connectivity index (χ0) is 28.2. The molecule has 0 atom stereocenters. The molecule has 0 radical (unpaired) electrons. The Labute approximate surface area is 240 Å². The van der Waals surface area contributed by atoms with Crippen molar-refractivity contribution in [3.8, 4) is 28.3 Å². The molecule has 6 nitrogen and oxygen atoms in total. The number of allylic oxidation sites excluding steroid dienone is 1. The highest BCUT2D eigenvalue weighted by atomic mass is 16.4. The molecule has 5 aromatic carbocycles. The Bertz CT molecular complexity index is 2150. The van der Waals surface area contributed by atoms with Gasteiger partial charge in [0, 0.05) is 22.4 Å². The smallest absolute Gasteiger partial charge is 0.267 e. The van der Waals surface area contributed by atoms with Crippen LogP contribution in [0.4, 0.5) is 0 Å². The molecule has 8 rings (SSSR count). The highest BCUT2D eigenvalue weighted by Crippen LogP contribution is 2.34. The molecular formula is C36H21N3O3. The third-order valence-corrected chi connectivity index (χ3v) is 7.64. The van der Waals surface area contributed by atoms with Crippen LogP contribution in [-0.4, -0.2) is 26.1 Å². The molecule has 7 aromatic rings. The number of rotatable bonds is 4. The van der Waals surface area contributed by atoms with Crippen molar-refractivity contribution in [1.82, 2.24) is 14.5 Å². The van der Waals surface area contributed by atoms with Gasteiger partial charge in [0.15, 0.2) is 11.6 Å². The van der Waals surface area contributed by atoms with E-state index in [1.807, 2.05) is 102 Å². The van der Waals surface area contributed by atoms with Crippen LogP contribution in [-0.2, 0) is 0 Å². The minimum Gasteiger partial charge on any atom is -0.416 e. The van der Waals surface area contributed by atoms with E-state index < -0.39 is 0 Å². The van der Waals surface area contributed by atoms with E-state index in [4.69, 9.17) is 14.4 Å². The van der Waals surface area contributed by atoms with Crippen LogP contribution in [0.5, 0.6) is 0 Å². The number of hydrogen-bond acceptors (Lipinski definition) is 5. The number of nitrogens with zero attached hydrogens (tertiary/aromatic N) is 3. The average Bonchev–Trinajstić information content (AvgIpc) is 3.67.